The van der Waals surface area contributed by atoms with E-state index in [1.807, 2.05) is 26.0 Å². The van der Waals surface area contributed by atoms with Crippen molar-refractivity contribution in [3.63, 3.8) is 0 Å². The number of aromatic nitrogens is 4. The van der Waals surface area contributed by atoms with Gasteiger partial charge in [0.15, 0.2) is 5.78 Å². The molecule has 2 fully saturated rings. The van der Waals surface area contributed by atoms with E-state index in [4.69, 9.17) is 4.74 Å². The number of hydrogen-bond donors (Lipinski definition) is 1. The number of rotatable bonds is 8. The molecule has 1 aliphatic carbocycles. The van der Waals surface area contributed by atoms with E-state index >= 15 is 0 Å². The number of aryl methyl sites for hydroxylation is 2. The lowest BCUT2D eigenvalue weighted by Crippen LogP contribution is -2.46. The van der Waals surface area contributed by atoms with Crippen LogP contribution in [0.4, 0.5) is 19.0 Å². The van der Waals surface area contributed by atoms with Gasteiger partial charge in [-0.15, -0.1) is 0 Å². The number of halogens is 3. The molecule has 10 nitrogen and oxygen atoms in total. The summed E-state index contributed by atoms with van der Waals surface area (Å²) in [6.45, 7) is 6.95. The Morgan fingerprint density at radius 1 is 1.09 bits per heavy atom. The fourth-order valence-electron chi connectivity index (χ4n) is 6.58. The van der Waals surface area contributed by atoms with Crippen LogP contribution in [0.1, 0.15) is 59.7 Å². The number of anilines is 1. The molecular formula is C33H33F3N6O4. The second-order valence-corrected chi connectivity index (χ2v) is 12.5. The summed E-state index contributed by atoms with van der Waals surface area (Å²) in [4.78, 5) is 54.1. The molecule has 6 rings (SSSR count). The minimum atomic E-state index is -4.71. The van der Waals surface area contributed by atoms with Gasteiger partial charge in [0, 0.05) is 53.8 Å². The van der Waals surface area contributed by atoms with Crippen molar-refractivity contribution in [2.45, 2.75) is 71.9 Å². The van der Waals surface area contributed by atoms with Crippen LogP contribution in [0, 0.1) is 19.3 Å². The number of hydrogen-bond acceptors (Lipinski definition) is 7. The number of Topliss-reactive ketones (excluding diaryl/α,β-unsaturated/α-hetero) is 1. The van der Waals surface area contributed by atoms with Gasteiger partial charge in [0.05, 0.1) is 12.1 Å². The fraction of sp³-hybridized carbons (Fsp3) is 0.394. The molecule has 46 heavy (non-hydrogen) atoms. The Morgan fingerprint density at radius 3 is 2.46 bits per heavy atom. The number of pyridine rings is 1. The van der Waals surface area contributed by atoms with Crippen LogP contribution < -0.4 is 5.32 Å². The van der Waals surface area contributed by atoms with Gasteiger partial charge in [-0.1, -0.05) is 13.0 Å². The van der Waals surface area contributed by atoms with Crippen molar-refractivity contribution in [1.82, 2.24) is 24.4 Å². The van der Waals surface area contributed by atoms with E-state index in [0.717, 1.165) is 22.8 Å². The van der Waals surface area contributed by atoms with Crippen LogP contribution in [0.2, 0.25) is 0 Å². The average Bonchev–Trinajstić information content (AvgIpc) is 3.33. The largest absolute Gasteiger partial charge is 0.433 e. The number of ketones is 1. The standard InChI is InChI=1S/C33H33F3N6O4/c1-17-8-21(22-12-37-19(3)38-13-22)9-23-24(18(2)43)14-41(29(17)23)15-28(44)42-25(10-32(4)11-27(32)42)31(45)40-30-20(16-46-5)6-7-26(39-30)33(34,35)36/h6-9,12-14,25,27H,10-11,15-16H2,1-5H3,(H,39,40,45)/t25-,27?,32-/m0/s1. The molecule has 1 N–H and O–H groups in total. The minimum Gasteiger partial charge on any atom is -0.380 e. The van der Waals surface area contributed by atoms with Crippen LogP contribution >= 0.6 is 0 Å². The normalized spacial score (nSPS) is 20.6. The monoisotopic (exact) mass is 634 g/mol. The van der Waals surface area contributed by atoms with Crippen LogP contribution in [0.3, 0.4) is 0 Å². The maximum atomic E-state index is 14.0. The van der Waals surface area contributed by atoms with Crippen molar-refractivity contribution < 1.29 is 32.3 Å². The Hall–Kier alpha value is -4.65. The number of ether oxygens (including phenoxy) is 1. The van der Waals surface area contributed by atoms with Gasteiger partial charge in [0.1, 0.15) is 29.9 Å². The highest BCUT2D eigenvalue weighted by molar-refractivity contribution is 6.09. The van der Waals surface area contributed by atoms with Gasteiger partial charge in [-0.2, -0.15) is 13.2 Å². The van der Waals surface area contributed by atoms with E-state index in [1.54, 1.807) is 35.0 Å². The lowest BCUT2D eigenvalue weighted by molar-refractivity contribution is -0.141. The molecule has 1 unspecified atom stereocenters. The summed E-state index contributed by atoms with van der Waals surface area (Å²) in [5.74, 6) is -0.733. The number of likely N-dealkylation sites (tertiary alicyclic amines) is 1. The summed E-state index contributed by atoms with van der Waals surface area (Å²) in [6.07, 6.45) is 1.46. The molecule has 2 amide bonds. The van der Waals surface area contributed by atoms with E-state index in [2.05, 4.69) is 20.3 Å². The average molecular weight is 635 g/mol. The van der Waals surface area contributed by atoms with Crippen molar-refractivity contribution in [1.29, 1.82) is 0 Å². The van der Waals surface area contributed by atoms with E-state index in [-0.39, 0.29) is 47.7 Å². The van der Waals surface area contributed by atoms with Crippen molar-refractivity contribution in [3.05, 3.63) is 71.1 Å². The molecule has 1 saturated carbocycles. The lowest BCUT2D eigenvalue weighted by atomic mass is 10.0. The van der Waals surface area contributed by atoms with Crippen molar-refractivity contribution in [2.24, 2.45) is 5.41 Å². The summed E-state index contributed by atoms with van der Waals surface area (Å²) in [7, 11) is 1.39. The zero-order valence-electron chi connectivity index (χ0n) is 26.0. The Kier molecular flexibility index (Phi) is 7.70. The third-order valence-corrected chi connectivity index (χ3v) is 9.00. The molecule has 0 bridgehead atoms. The lowest BCUT2D eigenvalue weighted by Gasteiger charge is -2.27. The van der Waals surface area contributed by atoms with Gasteiger partial charge >= 0.3 is 6.18 Å². The molecule has 0 spiro atoms. The fourth-order valence-corrected chi connectivity index (χ4v) is 6.58. The molecule has 0 radical (unpaired) electrons. The Bertz CT molecular complexity index is 1890. The number of alkyl halides is 3. The van der Waals surface area contributed by atoms with Crippen molar-refractivity contribution in [2.75, 3.05) is 12.4 Å². The zero-order valence-corrected chi connectivity index (χ0v) is 26.0. The first kappa shape index (κ1) is 31.3. The van der Waals surface area contributed by atoms with E-state index in [0.29, 0.717) is 35.1 Å². The molecule has 1 aliphatic heterocycles. The predicted molar refractivity (Wildman–Crippen MR) is 163 cm³/mol. The van der Waals surface area contributed by atoms with E-state index in [9.17, 15) is 27.6 Å². The van der Waals surface area contributed by atoms with Crippen LogP contribution in [-0.2, 0) is 33.7 Å². The Labute approximate surface area is 263 Å². The quantitative estimate of drug-likeness (QED) is 0.255. The van der Waals surface area contributed by atoms with E-state index in [1.165, 1.54) is 20.1 Å². The van der Waals surface area contributed by atoms with Crippen LogP contribution in [0.5, 0.6) is 0 Å². The highest BCUT2D eigenvalue weighted by atomic mass is 19.4. The van der Waals surface area contributed by atoms with E-state index < -0.39 is 23.8 Å². The number of piperidine rings is 1. The topological polar surface area (TPSA) is 119 Å². The molecule has 240 valence electrons. The number of nitrogens with zero attached hydrogens (tertiary/aromatic N) is 5. The maximum absolute atomic E-state index is 14.0. The number of amides is 2. The molecule has 13 heteroatoms. The first-order chi connectivity index (χ1) is 21.7. The van der Waals surface area contributed by atoms with Gasteiger partial charge in [-0.3, -0.25) is 14.4 Å². The summed E-state index contributed by atoms with van der Waals surface area (Å²) in [6, 6.07) is 4.79. The number of nitrogens with one attached hydrogen (secondary N) is 1. The molecule has 4 aromatic rings. The summed E-state index contributed by atoms with van der Waals surface area (Å²) in [5.41, 5.74) is 2.47. The summed E-state index contributed by atoms with van der Waals surface area (Å²) >= 11 is 0. The smallest absolute Gasteiger partial charge is 0.380 e. The maximum Gasteiger partial charge on any atom is 0.433 e. The first-order valence-electron chi connectivity index (χ1n) is 14.8. The molecule has 4 heterocycles. The molecule has 1 saturated heterocycles. The molecule has 2 aliphatic rings. The number of fused-ring (bicyclic) bond motifs is 2. The molecule has 3 atom stereocenters. The molecular weight excluding hydrogens is 601 g/mol. The van der Waals surface area contributed by atoms with Gasteiger partial charge in [0.2, 0.25) is 11.8 Å². The number of benzene rings is 1. The van der Waals surface area contributed by atoms with Gasteiger partial charge in [-0.05, 0) is 68.4 Å². The number of methoxy groups -OCH3 is 1. The highest BCUT2D eigenvalue weighted by Crippen LogP contribution is 2.59. The van der Waals surface area contributed by atoms with Gasteiger partial charge in [0.25, 0.3) is 0 Å². The SMILES string of the molecule is COCc1ccc(C(F)(F)F)nc1NC(=O)[C@@H]1C[C@@]2(C)CC2N1C(=O)Cn1cc(C(C)=O)c2cc(-c3cnc(C)nc3)cc(C)c21. The molecule has 3 aromatic heterocycles. The molecule has 1 aromatic carbocycles. The highest BCUT2D eigenvalue weighted by Gasteiger charge is 2.64. The van der Waals surface area contributed by atoms with Gasteiger partial charge in [-0.25, -0.2) is 15.0 Å². The second kappa shape index (κ2) is 11.3. The third kappa shape index (κ3) is 5.63. The third-order valence-electron chi connectivity index (χ3n) is 9.00. The minimum absolute atomic E-state index is 0.0639. The summed E-state index contributed by atoms with van der Waals surface area (Å²) in [5, 5.41) is 3.24. The predicted octanol–water partition coefficient (Wildman–Crippen LogP) is 5.50. The van der Waals surface area contributed by atoms with Crippen LogP contribution in [0.15, 0.2) is 42.9 Å². The second-order valence-electron chi connectivity index (χ2n) is 12.5. The Balaban J connectivity index is 1.31. The van der Waals surface area contributed by atoms with Gasteiger partial charge < -0.3 is 19.5 Å². The Morgan fingerprint density at radius 2 is 1.80 bits per heavy atom. The van der Waals surface area contributed by atoms with Crippen molar-refractivity contribution >= 4 is 34.3 Å². The zero-order chi connectivity index (χ0) is 33.1. The summed E-state index contributed by atoms with van der Waals surface area (Å²) < 4.78 is 47.1. The number of carbonyl (C=O) groups is 3. The van der Waals surface area contributed by atoms with Crippen LogP contribution in [-0.4, -0.2) is 61.2 Å². The van der Waals surface area contributed by atoms with Crippen LogP contribution in [0.25, 0.3) is 22.0 Å². The first-order valence-corrected chi connectivity index (χ1v) is 14.8. The number of carbonyl (C=O) groups excluding carboxylic acids is 3. The van der Waals surface area contributed by atoms with Crippen molar-refractivity contribution in [3.8, 4) is 11.1 Å².